The van der Waals surface area contributed by atoms with Crippen LogP contribution in [0.2, 0.25) is 0 Å². The summed E-state index contributed by atoms with van der Waals surface area (Å²) in [6, 6.07) is 20.4. The lowest BCUT2D eigenvalue weighted by Gasteiger charge is -2.33. The van der Waals surface area contributed by atoms with Gasteiger partial charge >= 0.3 is 6.09 Å². The average Bonchev–Trinajstić information content (AvgIpc) is 2.97. The monoisotopic (exact) mass is 593 g/mol. The van der Waals surface area contributed by atoms with E-state index in [1.807, 2.05) is 64.2 Å². The van der Waals surface area contributed by atoms with Gasteiger partial charge in [0.05, 0.1) is 0 Å². The van der Waals surface area contributed by atoms with Crippen LogP contribution >= 0.6 is 0 Å². The zero-order valence-corrected chi connectivity index (χ0v) is 25.6. The van der Waals surface area contributed by atoms with Crippen LogP contribution in [0.15, 0.2) is 79.1 Å². The van der Waals surface area contributed by atoms with Crippen molar-refractivity contribution < 1.29 is 19.4 Å². The molecule has 0 spiro atoms. The van der Waals surface area contributed by atoms with Gasteiger partial charge in [-0.1, -0.05) is 18.2 Å². The highest BCUT2D eigenvalue weighted by atomic mass is 16.6. The molecule has 9 nitrogen and oxygen atoms in total. The molecule has 0 saturated carbocycles. The van der Waals surface area contributed by atoms with Gasteiger partial charge in [-0.15, -0.1) is 0 Å². The molecule has 1 saturated heterocycles. The molecule has 1 atom stereocenters. The molecule has 44 heavy (non-hydrogen) atoms. The number of nitrogens with zero attached hydrogens (tertiary/aromatic N) is 3. The van der Waals surface area contributed by atoms with E-state index in [0.29, 0.717) is 18.8 Å². The second-order valence-electron chi connectivity index (χ2n) is 12.3. The van der Waals surface area contributed by atoms with Crippen molar-refractivity contribution >= 4 is 17.7 Å². The minimum atomic E-state index is -0.549. The molecule has 1 fully saturated rings. The first-order valence-corrected chi connectivity index (χ1v) is 14.9. The first kappa shape index (κ1) is 30.7. The highest BCUT2D eigenvalue weighted by Gasteiger charge is 2.24. The number of piperidine rings is 1. The van der Waals surface area contributed by atoms with Crippen LogP contribution in [0.5, 0.6) is 5.75 Å². The molecule has 2 aromatic carbocycles. The Hall–Kier alpha value is -4.76. The van der Waals surface area contributed by atoms with Gasteiger partial charge in [0.25, 0.3) is 5.91 Å². The summed E-state index contributed by atoms with van der Waals surface area (Å²) in [5.41, 5.74) is 5.93. The second kappa shape index (κ2) is 13.3. The van der Waals surface area contributed by atoms with E-state index in [0.717, 1.165) is 52.9 Å². The Balaban J connectivity index is 1.36. The SMILES string of the molecule is Cc1ccc(-c2cc(CN3CCC[C@H](NC(=O)OC(C)(C)C)C3)cc(NC(=O)c3cc(-c4ccc(O)cc4)ccn3)c2)cn1. The quantitative estimate of drug-likeness (QED) is 0.222. The predicted molar refractivity (Wildman–Crippen MR) is 171 cm³/mol. The third-order valence-corrected chi connectivity index (χ3v) is 7.32. The number of aryl methyl sites for hydroxylation is 1. The summed E-state index contributed by atoms with van der Waals surface area (Å²) in [5, 5.41) is 15.7. The number of benzene rings is 2. The smallest absolute Gasteiger partial charge is 0.407 e. The summed E-state index contributed by atoms with van der Waals surface area (Å²) < 4.78 is 5.46. The molecule has 0 unspecified atom stereocenters. The Labute approximate surface area is 258 Å². The Morgan fingerprint density at radius 1 is 0.955 bits per heavy atom. The van der Waals surface area contributed by atoms with Gasteiger partial charge in [0.2, 0.25) is 0 Å². The predicted octanol–water partition coefficient (Wildman–Crippen LogP) is 6.57. The van der Waals surface area contributed by atoms with Gasteiger partial charge in [-0.05, 0) is 118 Å². The van der Waals surface area contributed by atoms with Crippen LogP contribution < -0.4 is 10.6 Å². The number of phenolic OH excluding ortho intramolecular Hbond substituents is 1. The van der Waals surface area contributed by atoms with Crippen LogP contribution in [0, 0.1) is 6.92 Å². The van der Waals surface area contributed by atoms with Crippen LogP contribution in [0.4, 0.5) is 10.5 Å². The molecule has 5 rings (SSSR count). The minimum absolute atomic E-state index is 0.00538. The Bertz CT molecular complexity index is 1610. The van der Waals surface area contributed by atoms with E-state index in [1.54, 1.807) is 36.5 Å². The summed E-state index contributed by atoms with van der Waals surface area (Å²) in [7, 11) is 0. The Kier molecular flexibility index (Phi) is 9.25. The van der Waals surface area contributed by atoms with E-state index in [9.17, 15) is 14.7 Å². The van der Waals surface area contributed by atoms with Gasteiger partial charge in [-0.3, -0.25) is 19.7 Å². The summed E-state index contributed by atoms with van der Waals surface area (Å²) in [6.07, 6.45) is 4.89. The van der Waals surface area contributed by atoms with E-state index in [2.05, 4.69) is 31.6 Å². The standard InChI is InChI=1S/C35H39N5O4/c1-23-7-8-27(20-37-23)28-16-24(21-40-15-5-6-29(22-40)39-34(43)44-35(2,3)4)17-30(18-28)38-33(42)32-19-26(13-14-36-32)25-9-11-31(41)12-10-25/h7-14,16-20,29,41H,5-6,15,21-22H2,1-4H3,(H,38,42)(H,39,43)/t29-/m0/s1. The number of aromatic hydroxyl groups is 1. The number of carbonyl (C=O) groups excluding carboxylic acids is 2. The number of nitrogens with one attached hydrogen (secondary N) is 2. The third-order valence-electron chi connectivity index (χ3n) is 7.32. The summed E-state index contributed by atoms with van der Waals surface area (Å²) in [6.45, 7) is 9.77. The molecule has 1 aliphatic rings. The zero-order chi connectivity index (χ0) is 31.3. The maximum atomic E-state index is 13.4. The molecule has 1 aliphatic heterocycles. The van der Waals surface area contributed by atoms with E-state index >= 15 is 0 Å². The maximum Gasteiger partial charge on any atom is 0.407 e. The molecule has 2 amide bonds. The number of aromatic nitrogens is 2. The Morgan fingerprint density at radius 3 is 2.45 bits per heavy atom. The van der Waals surface area contributed by atoms with Gasteiger partial charge in [0.15, 0.2) is 0 Å². The van der Waals surface area contributed by atoms with E-state index < -0.39 is 11.7 Å². The molecular weight excluding hydrogens is 554 g/mol. The van der Waals surface area contributed by atoms with Crippen molar-refractivity contribution in [3.8, 4) is 28.0 Å². The number of carbonyl (C=O) groups is 2. The van der Waals surface area contributed by atoms with Crippen LogP contribution in [0.1, 0.15) is 55.4 Å². The fourth-order valence-electron chi connectivity index (χ4n) is 5.29. The molecule has 3 N–H and O–H groups in total. The number of ether oxygens (including phenoxy) is 1. The number of likely N-dealkylation sites (tertiary alicyclic amines) is 1. The second-order valence-corrected chi connectivity index (χ2v) is 12.3. The summed E-state index contributed by atoms with van der Waals surface area (Å²) in [5.74, 6) is -0.144. The van der Waals surface area contributed by atoms with E-state index in [4.69, 9.17) is 4.74 Å². The largest absolute Gasteiger partial charge is 0.508 e. The van der Waals surface area contributed by atoms with Gasteiger partial charge in [-0.25, -0.2) is 4.79 Å². The molecule has 228 valence electrons. The number of anilines is 1. The average molecular weight is 594 g/mol. The summed E-state index contributed by atoms with van der Waals surface area (Å²) >= 11 is 0. The van der Waals surface area contributed by atoms with Crippen LogP contribution in [0.25, 0.3) is 22.3 Å². The van der Waals surface area contributed by atoms with Crippen molar-refractivity contribution in [1.29, 1.82) is 0 Å². The van der Waals surface area contributed by atoms with Gasteiger partial charge in [0, 0.05) is 48.5 Å². The number of alkyl carbamates (subject to hydrolysis) is 1. The van der Waals surface area contributed by atoms with Crippen LogP contribution in [-0.4, -0.2) is 56.7 Å². The maximum absolute atomic E-state index is 13.4. The molecule has 2 aromatic heterocycles. The molecule has 0 radical (unpaired) electrons. The molecule has 0 aliphatic carbocycles. The number of hydrogen-bond donors (Lipinski definition) is 3. The van der Waals surface area contributed by atoms with E-state index in [1.165, 1.54) is 0 Å². The molecule has 3 heterocycles. The first-order valence-electron chi connectivity index (χ1n) is 14.9. The van der Waals surface area contributed by atoms with Crippen molar-refractivity contribution in [1.82, 2.24) is 20.2 Å². The van der Waals surface area contributed by atoms with Gasteiger partial charge in [-0.2, -0.15) is 0 Å². The lowest BCUT2D eigenvalue weighted by atomic mass is 10.0. The van der Waals surface area contributed by atoms with Crippen molar-refractivity contribution in [3.05, 3.63) is 96.1 Å². The van der Waals surface area contributed by atoms with Gasteiger partial charge in [0.1, 0.15) is 17.0 Å². The first-order chi connectivity index (χ1) is 21.0. The lowest BCUT2D eigenvalue weighted by molar-refractivity contribution is 0.0470. The molecular formula is C35H39N5O4. The van der Waals surface area contributed by atoms with Crippen molar-refractivity contribution in [3.63, 3.8) is 0 Å². The van der Waals surface area contributed by atoms with Crippen LogP contribution in [-0.2, 0) is 11.3 Å². The zero-order valence-electron chi connectivity index (χ0n) is 25.6. The minimum Gasteiger partial charge on any atom is -0.508 e. The van der Waals surface area contributed by atoms with Crippen molar-refractivity contribution in [2.24, 2.45) is 0 Å². The number of phenols is 1. The number of pyridine rings is 2. The van der Waals surface area contributed by atoms with Crippen molar-refractivity contribution in [2.45, 2.75) is 58.7 Å². The fraction of sp³-hybridized carbons (Fsp3) is 0.314. The van der Waals surface area contributed by atoms with Crippen LogP contribution in [0.3, 0.4) is 0 Å². The number of hydrogen-bond acceptors (Lipinski definition) is 7. The highest BCUT2D eigenvalue weighted by Crippen LogP contribution is 2.27. The summed E-state index contributed by atoms with van der Waals surface area (Å²) in [4.78, 5) is 36.9. The molecule has 4 aromatic rings. The normalized spacial score (nSPS) is 15.4. The van der Waals surface area contributed by atoms with Gasteiger partial charge < -0.3 is 20.5 Å². The Morgan fingerprint density at radius 2 is 1.73 bits per heavy atom. The van der Waals surface area contributed by atoms with E-state index in [-0.39, 0.29) is 23.4 Å². The topological polar surface area (TPSA) is 117 Å². The number of amides is 2. The third kappa shape index (κ3) is 8.41. The van der Waals surface area contributed by atoms with Crippen molar-refractivity contribution in [2.75, 3.05) is 18.4 Å². The molecule has 0 bridgehead atoms. The highest BCUT2D eigenvalue weighted by molar-refractivity contribution is 6.03. The lowest BCUT2D eigenvalue weighted by Crippen LogP contribution is -2.48. The number of rotatable bonds is 7. The molecule has 9 heteroatoms. The fourth-order valence-corrected chi connectivity index (χ4v) is 5.29.